The van der Waals surface area contributed by atoms with Gasteiger partial charge in [0.25, 0.3) is 0 Å². The van der Waals surface area contributed by atoms with E-state index in [1.807, 2.05) is 6.92 Å². The molecule has 2 aromatic rings. The number of hydrogen-bond acceptors (Lipinski definition) is 5. The lowest BCUT2D eigenvalue weighted by Gasteiger charge is -2.12. The lowest BCUT2D eigenvalue weighted by Crippen LogP contribution is -2.41. The fourth-order valence-corrected chi connectivity index (χ4v) is 4.11. The third-order valence-corrected chi connectivity index (χ3v) is 6.20. The number of thioether (sulfide) groups is 1. The van der Waals surface area contributed by atoms with Gasteiger partial charge in [0.15, 0.2) is 5.96 Å². The molecule has 0 bridgehead atoms. The summed E-state index contributed by atoms with van der Waals surface area (Å²) >= 11 is 1.66. The van der Waals surface area contributed by atoms with E-state index in [9.17, 15) is 12.8 Å². The van der Waals surface area contributed by atoms with Gasteiger partial charge in [-0.3, -0.25) is 9.98 Å². The highest BCUT2D eigenvalue weighted by atomic mass is 32.2. The Morgan fingerprint density at radius 2 is 1.97 bits per heavy atom. The van der Waals surface area contributed by atoms with Crippen molar-refractivity contribution in [3.8, 4) is 0 Å². The SMILES string of the molecule is CCNC(=NCCCSc1ccc(F)cc1)NCCNS(=O)(=O)c1cccnc1. The molecule has 0 saturated carbocycles. The molecule has 1 aromatic heterocycles. The summed E-state index contributed by atoms with van der Waals surface area (Å²) in [6.07, 6.45) is 3.70. The zero-order valence-corrected chi connectivity index (χ0v) is 17.9. The van der Waals surface area contributed by atoms with Crippen molar-refractivity contribution in [3.63, 3.8) is 0 Å². The van der Waals surface area contributed by atoms with Crippen molar-refractivity contribution in [3.05, 3.63) is 54.6 Å². The summed E-state index contributed by atoms with van der Waals surface area (Å²) in [7, 11) is -3.56. The molecule has 29 heavy (non-hydrogen) atoms. The Morgan fingerprint density at radius 1 is 1.17 bits per heavy atom. The Balaban J connectivity index is 1.69. The molecule has 0 radical (unpaired) electrons. The molecule has 0 fully saturated rings. The predicted molar refractivity (Wildman–Crippen MR) is 115 cm³/mol. The summed E-state index contributed by atoms with van der Waals surface area (Å²) in [5.41, 5.74) is 0. The standard InChI is InChI=1S/C19H26FN5O2S2/c1-2-22-19(23-11-4-14-28-17-8-6-16(20)7-9-17)24-12-13-25-29(26,27)18-5-3-10-21-15-18/h3,5-10,15,25H,2,4,11-14H2,1H3,(H2,22,23,24). The van der Waals surface area contributed by atoms with E-state index in [2.05, 4.69) is 25.3 Å². The maximum Gasteiger partial charge on any atom is 0.242 e. The van der Waals surface area contributed by atoms with E-state index >= 15 is 0 Å². The topological polar surface area (TPSA) is 95.5 Å². The van der Waals surface area contributed by atoms with Gasteiger partial charge in [-0.25, -0.2) is 17.5 Å². The first kappa shape index (κ1) is 23.1. The monoisotopic (exact) mass is 439 g/mol. The van der Waals surface area contributed by atoms with Crippen molar-refractivity contribution in [2.75, 3.05) is 31.9 Å². The molecule has 0 spiro atoms. The highest BCUT2D eigenvalue weighted by Crippen LogP contribution is 2.18. The molecule has 0 amide bonds. The van der Waals surface area contributed by atoms with Crippen LogP contribution in [0.15, 0.2) is 63.6 Å². The molecule has 7 nitrogen and oxygen atoms in total. The highest BCUT2D eigenvalue weighted by molar-refractivity contribution is 7.99. The van der Waals surface area contributed by atoms with E-state index in [1.165, 1.54) is 30.6 Å². The second-order valence-corrected chi connectivity index (χ2v) is 8.87. The molecule has 10 heteroatoms. The van der Waals surface area contributed by atoms with Gasteiger partial charge in [-0.05, 0) is 55.5 Å². The van der Waals surface area contributed by atoms with Crippen LogP contribution in [-0.4, -0.2) is 51.3 Å². The third kappa shape index (κ3) is 8.80. The second kappa shape index (κ2) is 12.4. The molecule has 2 rings (SSSR count). The Bertz CT molecular complexity index is 862. The summed E-state index contributed by atoms with van der Waals surface area (Å²) in [6.45, 7) is 3.92. The van der Waals surface area contributed by atoms with Gasteiger partial charge >= 0.3 is 0 Å². The van der Waals surface area contributed by atoms with Crippen LogP contribution in [0.5, 0.6) is 0 Å². The first-order valence-corrected chi connectivity index (χ1v) is 11.8. The molecule has 0 unspecified atom stereocenters. The second-order valence-electron chi connectivity index (χ2n) is 5.93. The summed E-state index contributed by atoms with van der Waals surface area (Å²) in [6, 6.07) is 9.52. The van der Waals surface area contributed by atoms with E-state index in [0.29, 0.717) is 25.6 Å². The predicted octanol–water partition coefficient (Wildman–Crippen LogP) is 2.24. The number of sulfonamides is 1. The van der Waals surface area contributed by atoms with Crippen LogP contribution in [0.2, 0.25) is 0 Å². The van der Waals surface area contributed by atoms with Crippen LogP contribution in [0, 0.1) is 5.82 Å². The molecule has 0 atom stereocenters. The van der Waals surface area contributed by atoms with Gasteiger partial charge in [-0.1, -0.05) is 0 Å². The smallest absolute Gasteiger partial charge is 0.242 e. The number of benzene rings is 1. The van der Waals surface area contributed by atoms with Crippen LogP contribution >= 0.6 is 11.8 Å². The quantitative estimate of drug-likeness (QED) is 0.215. The van der Waals surface area contributed by atoms with Gasteiger partial charge in [-0.2, -0.15) is 0 Å². The fourth-order valence-electron chi connectivity index (χ4n) is 2.27. The van der Waals surface area contributed by atoms with E-state index in [1.54, 1.807) is 30.0 Å². The van der Waals surface area contributed by atoms with Crippen LogP contribution in [0.1, 0.15) is 13.3 Å². The van der Waals surface area contributed by atoms with Gasteiger partial charge in [0.05, 0.1) is 0 Å². The van der Waals surface area contributed by atoms with E-state index in [0.717, 1.165) is 17.1 Å². The van der Waals surface area contributed by atoms with E-state index in [4.69, 9.17) is 0 Å². The Morgan fingerprint density at radius 3 is 2.66 bits per heavy atom. The van der Waals surface area contributed by atoms with Crippen molar-refractivity contribution in [1.29, 1.82) is 0 Å². The van der Waals surface area contributed by atoms with Gasteiger partial charge in [0.1, 0.15) is 10.7 Å². The molecule has 0 aliphatic rings. The summed E-state index contributed by atoms with van der Waals surface area (Å²) < 4.78 is 39.7. The van der Waals surface area contributed by atoms with E-state index < -0.39 is 10.0 Å². The van der Waals surface area contributed by atoms with Gasteiger partial charge < -0.3 is 10.6 Å². The normalized spacial score (nSPS) is 12.0. The molecule has 158 valence electrons. The Labute approximate surface area is 175 Å². The molecule has 0 saturated heterocycles. The first-order chi connectivity index (χ1) is 14.0. The number of halogens is 1. The largest absolute Gasteiger partial charge is 0.357 e. The number of rotatable bonds is 11. The minimum Gasteiger partial charge on any atom is -0.357 e. The summed E-state index contributed by atoms with van der Waals surface area (Å²) in [5.74, 6) is 1.28. The maximum atomic E-state index is 12.9. The number of hydrogen-bond donors (Lipinski definition) is 3. The van der Waals surface area contributed by atoms with Crippen LogP contribution in [-0.2, 0) is 10.0 Å². The summed E-state index contributed by atoms with van der Waals surface area (Å²) in [4.78, 5) is 9.47. The van der Waals surface area contributed by atoms with Crippen molar-refractivity contribution in [1.82, 2.24) is 20.3 Å². The lowest BCUT2D eigenvalue weighted by atomic mass is 10.4. The minimum absolute atomic E-state index is 0.138. The summed E-state index contributed by atoms with van der Waals surface area (Å²) in [5, 5.41) is 6.24. The molecule has 1 aromatic carbocycles. The third-order valence-electron chi connectivity index (χ3n) is 3.65. The number of aromatic nitrogens is 1. The van der Waals surface area contributed by atoms with Crippen LogP contribution < -0.4 is 15.4 Å². The van der Waals surface area contributed by atoms with Gasteiger partial charge in [0, 0.05) is 43.5 Å². The number of nitrogens with one attached hydrogen (secondary N) is 3. The zero-order valence-electron chi connectivity index (χ0n) is 16.3. The lowest BCUT2D eigenvalue weighted by molar-refractivity contribution is 0.580. The number of nitrogens with zero attached hydrogens (tertiary/aromatic N) is 2. The average molecular weight is 440 g/mol. The maximum absolute atomic E-state index is 12.9. The molecular formula is C19H26FN5O2S2. The number of aliphatic imine (C=N–C) groups is 1. The van der Waals surface area contributed by atoms with Crippen molar-refractivity contribution in [2.24, 2.45) is 4.99 Å². The zero-order chi connectivity index (χ0) is 21.0. The van der Waals surface area contributed by atoms with Gasteiger partial charge in [-0.15, -0.1) is 11.8 Å². The molecular weight excluding hydrogens is 413 g/mol. The van der Waals surface area contributed by atoms with E-state index in [-0.39, 0.29) is 17.3 Å². The van der Waals surface area contributed by atoms with Gasteiger partial charge in [0.2, 0.25) is 10.0 Å². The average Bonchev–Trinajstić information content (AvgIpc) is 2.73. The first-order valence-electron chi connectivity index (χ1n) is 9.31. The number of pyridine rings is 1. The van der Waals surface area contributed by atoms with Crippen molar-refractivity contribution in [2.45, 2.75) is 23.1 Å². The molecule has 1 heterocycles. The molecule has 0 aliphatic heterocycles. The minimum atomic E-state index is -3.56. The Kier molecular flexibility index (Phi) is 9.89. The Hall–Kier alpha value is -2.17. The highest BCUT2D eigenvalue weighted by Gasteiger charge is 2.12. The van der Waals surface area contributed by atoms with Crippen molar-refractivity contribution >= 4 is 27.7 Å². The fraction of sp³-hybridized carbons (Fsp3) is 0.368. The van der Waals surface area contributed by atoms with Crippen LogP contribution in [0.3, 0.4) is 0 Å². The van der Waals surface area contributed by atoms with Crippen LogP contribution in [0.25, 0.3) is 0 Å². The molecule has 0 aliphatic carbocycles. The number of guanidine groups is 1. The van der Waals surface area contributed by atoms with Crippen LogP contribution in [0.4, 0.5) is 4.39 Å². The van der Waals surface area contributed by atoms with Crippen molar-refractivity contribution < 1.29 is 12.8 Å². The molecule has 3 N–H and O–H groups in total.